The van der Waals surface area contributed by atoms with E-state index in [0.717, 1.165) is 0 Å². The molecule has 0 fully saturated rings. The van der Waals surface area contributed by atoms with Gasteiger partial charge in [0.15, 0.2) is 9.76 Å². The largest absolute Gasteiger partial charge is 0.420 e. The lowest BCUT2D eigenvalue weighted by molar-refractivity contribution is -0.133. The van der Waals surface area contributed by atoms with E-state index < -0.39 is 64.7 Å². The fraction of sp³-hybridized carbons (Fsp3) is 1.00. The highest BCUT2D eigenvalue weighted by Crippen LogP contribution is 2.20. The van der Waals surface area contributed by atoms with E-state index in [1.165, 1.54) is 0 Å². The van der Waals surface area contributed by atoms with E-state index in [4.69, 9.17) is 23.7 Å². The second-order valence-electron chi connectivity index (χ2n) is 6.18. The topological polar surface area (TPSA) is 138 Å². The van der Waals surface area contributed by atoms with Crippen LogP contribution in [-0.4, -0.2) is 129 Å². The molecule has 0 amide bonds. The molecule has 0 aromatic carbocycles. The number of aliphatic hydroxyl groups is 5. The maximum atomic E-state index is 10.9. The van der Waals surface area contributed by atoms with Gasteiger partial charge in [0.2, 0.25) is 0 Å². The highest BCUT2D eigenvalue weighted by molar-refractivity contribution is 6.63. The van der Waals surface area contributed by atoms with E-state index in [2.05, 4.69) is 0 Å². The van der Waals surface area contributed by atoms with Crippen molar-refractivity contribution < 1.29 is 44.2 Å². The molecule has 5 N–H and O–H groups in total. The van der Waals surface area contributed by atoms with Crippen LogP contribution in [0.4, 0.5) is 0 Å². The summed E-state index contributed by atoms with van der Waals surface area (Å²) in [6.07, 6.45) is -4.85. The molecule has 0 spiro atoms. The summed E-state index contributed by atoms with van der Waals surface area (Å²) in [5.74, 6) is 0. The van der Waals surface area contributed by atoms with Crippen molar-refractivity contribution in [1.82, 2.24) is 0 Å². The third-order valence-corrected chi connectivity index (χ3v) is 12.5. The Labute approximate surface area is 168 Å². The Morgan fingerprint density at radius 2 is 1.26 bits per heavy atom. The number of aliphatic hydroxyl groups excluding tert-OH is 5. The first-order valence-corrected chi connectivity index (χ1v) is 14.6. The first-order valence-electron chi connectivity index (χ1n) is 9.60. The molecule has 0 saturated heterocycles. The van der Waals surface area contributed by atoms with Gasteiger partial charge in [-0.15, -0.1) is 0 Å². The standard InChI is InChI=1S/C15H38O9Si3/c1-4-21-8-25-15(26-9-22-5-2,24-27-10-23-6-3)14(20)13(19)12(18)11(17)7-16/h11-14,16-20H,4-10,25-27H2,1-3H3/t11-,12-,13+,14-/m1/s1. The molecule has 0 bridgehead atoms. The van der Waals surface area contributed by atoms with Gasteiger partial charge in [0, 0.05) is 32.3 Å². The highest BCUT2D eigenvalue weighted by atomic mass is 28.3. The SMILES string of the molecule is CCOC[SiH2]OC([SiH2]COCC)([SiH2]COCC)[C@H](O)[C@@H](O)[C@H](O)[C@H](O)CO. The number of rotatable bonds is 18. The third-order valence-electron chi connectivity index (χ3n) is 4.36. The smallest absolute Gasteiger partial charge is 0.186 e. The molecule has 27 heavy (non-hydrogen) atoms. The Kier molecular flexibility index (Phi) is 16.3. The number of ether oxygens (including phenoxy) is 3. The summed E-state index contributed by atoms with van der Waals surface area (Å²) in [5, 5.41) is 50.1. The summed E-state index contributed by atoms with van der Waals surface area (Å²) < 4.78 is 22.5. The van der Waals surface area contributed by atoms with Crippen LogP contribution in [0.2, 0.25) is 0 Å². The zero-order valence-electron chi connectivity index (χ0n) is 16.7. The van der Waals surface area contributed by atoms with Crippen LogP contribution in [0.25, 0.3) is 0 Å². The first kappa shape index (κ1) is 27.3. The summed E-state index contributed by atoms with van der Waals surface area (Å²) in [5.41, 5.74) is 0. The maximum Gasteiger partial charge on any atom is 0.186 e. The molecule has 0 saturated carbocycles. The molecule has 0 aliphatic carbocycles. The molecule has 0 radical (unpaired) electrons. The van der Waals surface area contributed by atoms with Crippen LogP contribution in [0.3, 0.4) is 0 Å². The molecule has 0 rings (SSSR count). The van der Waals surface area contributed by atoms with Gasteiger partial charge < -0.3 is 44.2 Å². The van der Waals surface area contributed by atoms with E-state index in [0.29, 0.717) is 38.5 Å². The summed E-state index contributed by atoms with van der Waals surface area (Å²) in [6.45, 7) is 6.58. The van der Waals surface area contributed by atoms with Gasteiger partial charge in [0.25, 0.3) is 0 Å². The molecular formula is C15H38O9Si3. The van der Waals surface area contributed by atoms with Gasteiger partial charge in [-0.3, -0.25) is 0 Å². The molecule has 12 heteroatoms. The van der Waals surface area contributed by atoms with Crippen LogP contribution in [0.15, 0.2) is 0 Å². The zero-order valence-corrected chi connectivity index (χ0v) is 21.0. The minimum absolute atomic E-state index is 0.459. The van der Waals surface area contributed by atoms with Crippen molar-refractivity contribution in [1.29, 1.82) is 0 Å². The monoisotopic (exact) mass is 446 g/mol. The van der Waals surface area contributed by atoms with Crippen LogP contribution in [0.1, 0.15) is 20.8 Å². The Bertz CT molecular complexity index is 344. The van der Waals surface area contributed by atoms with Crippen molar-refractivity contribution in [2.75, 3.05) is 45.1 Å². The quantitative estimate of drug-likeness (QED) is 0.104. The Morgan fingerprint density at radius 3 is 1.70 bits per heavy atom. The van der Waals surface area contributed by atoms with Gasteiger partial charge in [-0.25, -0.2) is 0 Å². The van der Waals surface area contributed by atoms with E-state index >= 15 is 0 Å². The van der Waals surface area contributed by atoms with E-state index in [1.54, 1.807) is 0 Å². The summed E-state index contributed by atoms with van der Waals surface area (Å²) in [7, 11) is -3.44. The highest BCUT2D eigenvalue weighted by Gasteiger charge is 2.45. The maximum absolute atomic E-state index is 10.9. The van der Waals surface area contributed by atoms with Crippen LogP contribution >= 0.6 is 0 Å². The summed E-state index contributed by atoms with van der Waals surface area (Å²) in [4.78, 5) is -0.941. The van der Waals surface area contributed by atoms with Gasteiger partial charge in [0.1, 0.15) is 24.4 Å². The second kappa shape index (κ2) is 16.1. The lowest BCUT2D eigenvalue weighted by Crippen LogP contribution is -2.65. The van der Waals surface area contributed by atoms with E-state index in [-0.39, 0.29) is 0 Å². The van der Waals surface area contributed by atoms with Gasteiger partial charge in [0.05, 0.1) is 36.7 Å². The Morgan fingerprint density at radius 1 is 0.778 bits per heavy atom. The van der Waals surface area contributed by atoms with Gasteiger partial charge in [-0.1, -0.05) is 0 Å². The van der Waals surface area contributed by atoms with Gasteiger partial charge >= 0.3 is 0 Å². The number of hydrogen-bond donors (Lipinski definition) is 5. The lowest BCUT2D eigenvalue weighted by atomic mass is 10.0. The first-order chi connectivity index (χ1) is 12.9. The molecular weight excluding hydrogens is 408 g/mol. The Hall–Kier alpha value is 0.291. The van der Waals surface area contributed by atoms with Gasteiger partial charge in [-0.05, 0) is 20.8 Å². The zero-order chi connectivity index (χ0) is 20.7. The minimum Gasteiger partial charge on any atom is -0.420 e. The molecule has 164 valence electrons. The van der Waals surface area contributed by atoms with E-state index in [1.807, 2.05) is 20.8 Å². The van der Waals surface area contributed by atoms with E-state index in [9.17, 15) is 20.4 Å². The van der Waals surface area contributed by atoms with Crippen molar-refractivity contribution in [3.05, 3.63) is 0 Å². The molecule has 9 nitrogen and oxygen atoms in total. The van der Waals surface area contributed by atoms with Crippen molar-refractivity contribution >= 4 is 28.8 Å². The average Bonchev–Trinajstić information content (AvgIpc) is 2.68. The lowest BCUT2D eigenvalue weighted by Gasteiger charge is -2.42. The fourth-order valence-electron chi connectivity index (χ4n) is 2.71. The number of hydrogen-bond acceptors (Lipinski definition) is 9. The molecule has 0 unspecified atom stereocenters. The van der Waals surface area contributed by atoms with Gasteiger partial charge in [-0.2, -0.15) is 0 Å². The van der Waals surface area contributed by atoms with Crippen molar-refractivity contribution in [2.45, 2.75) is 50.0 Å². The molecule has 0 heterocycles. The van der Waals surface area contributed by atoms with Crippen molar-refractivity contribution in [3.8, 4) is 0 Å². The molecule has 0 aromatic heterocycles. The van der Waals surface area contributed by atoms with Crippen LogP contribution < -0.4 is 0 Å². The summed E-state index contributed by atoms with van der Waals surface area (Å²) >= 11 is 0. The minimum atomic E-state index is -1.68. The predicted molar refractivity (Wildman–Crippen MR) is 110 cm³/mol. The molecule has 0 aliphatic rings. The average molecular weight is 447 g/mol. The molecule has 4 atom stereocenters. The van der Waals surface area contributed by atoms with Crippen molar-refractivity contribution in [3.63, 3.8) is 0 Å². The third kappa shape index (κ3) is 10.0. The summed E-state index contributed by atoms with van der Waals surface area (Å²) in [6, 6.07) is 0. The van der Waals surface area contributed by atoms with Crippen molar-refractivity contribution in [2.24, 2.45) is 0 Å². The Balaban J connectivity index is 5.39. The van der Waals surface area contributed by atoms with Crippen LogP contribution in [0.5, 0.6) is 0 Å². The molecule has 0 aliphatic heterocycles. The molecule has 0 aromatic rings. The fourth-order valence-corrected chi connectivity index (χ4v) is 10.3. The predicted octanol–water partition coefficient (Wildman–Crippen LogP) is -4.50. The van der Waals surface area contributed by atoms with Crippen LogP contribution in [0, 0.1) is 0 Å². The van der Waals surface area contributed by atoms with Crippen LogP contribution in [-0.2, 0) is 18.6 Å². The normalized spacial score (nSPS) is 20.0. The second-order valence-corrected chi connectivity index (χ2v) is 12.5.